The molecule has 1 aromatic rings. The molecule has 23 heavy (non-hydrogen) atoms. The maximum Gasteiger partial charge on any atom is 0.268 e. The number of halogens is 2. The Labute approximate surface area is 141 Å². The molecule has 0 radical (unpaired) electrons. The van der Waals surface area contributed by atoms with Crippen LogP contribution in [0.5, 0.6) is 0 Å². The zero-order valence-corrected chi connectivity index (χ0v) is 13.8. The lowest BCUT2D eigenvalue weighted by molar-refractivity contribution is -0.133. The minimum Gasteiger partial charge on any atom is -0.355 e. The van der Waals surface area contributed by atoms with Gasteiger partial charge < -0.3 is 9.80 Å². The molecule has 3 rings (SSSR count). The molecule has 1 saturated heterocycles. The Hall–Kier alpha value is -1.59. The Morgan fingerprint density at radius 1 is 1.52 bits per heavy atom. The topological polar surface area (TPSA) is 47.3 Å². The molecule has 2 atom stereocenters. The molecule has 3 heterocycles. The summed E-state index contributed by atoms with van der Waals surface area (Å²) in [6.45, 7) is -0.642. The molecular formula is C15H15F2N3OS2. The summed E-state index contributed by atoms with van der Waals surface area (Å²) in [4.78, 5) is 15.2. The van der Waals surface area contributed by atoms with Gasteiger partial charge in [0.25, 0.3) is 5.92 Å². The minimum absolute atomic E-state index is 0.0204. The second-order valence-electron chi connectivity index (χ2n) is 5.61. The highest BCUT2D eigenvalue weighted by Crippen LogP contribution is 2.33. The van der Waals surface area contributed by atoms with Crippen molar-refractivity contribution in [2.75, 3.05) is 13.1 Å². The lowest BCUT2D eigenvalue weighted by Gasteiger charge is -2.27. The number of alkyl halides is 2. The molecular weight excluding hydrogens is 340 g/mol. The molecule has 8 heteroatoms. The van der Waals surface area contributed by atoms with E-state index in [-0.39, 0.29) is 11.9 Å². The van der Waals surface area contributed by atoms with E-state index in [2.05, 4.69) is 5.38 Å². The van der Waals surface area contributed by atoms with Crippen molar-refractivity contribution in [2.24, 2.45) is 0 Å². The number of thioether (sulfide) groups is 1. The molecule has 2 aliphatic rings. The molecule has 0 aliphatic carbocycles. The molecule has 1 fully saturated rings. The van der Waals surface area contributed by atoms with E-state index < -0.39 is 30.8 Å². The monoisotopic (exact) mass is 355 g/mol. The lowest BCUT2D eigenvalue weighted by atomic mass is 10.2. The Balaban J connectivity index is 1.63. The fourth-order valence-corrected chi connectivity index (χ4v) is 4.43. The van der Waals surface area contributed by atoms with E-state index in [1.165, 1.54) is 5.56 Å². The quantitative estimate of drug-likeness (QED) is 0.833. The summed E-state index contributed by atoms with van der Waals surface area (Å²) in [7, 11) is 0. The van der Waals surface area contributed by atoms with Crippen LogP contribution in [0.2, 0.25) is 0 Å². The third kappa shape index (κ3) is 3.67. The van der Waals surface area contributed by atoms with Gasteiger partial charge in [-0.15, -0.1) is 11.8 Å². The van der Waals surface area contributed by atoms with Crippen molar-refractivity contribution in [3.8, 4) is 6.07 Å². The fraction of sp³-hybridized carbons (Fsp3) is 0.467. The number of rotatable bonds is 4. The average Bonchev–Trinajstić information content (AvgIpc) is 3.21. The largest absolute Gasteiger partial charge is 0.355 e. The lowest BCUT2D eigenvalue weighted by Crippen LogP contribution is -2.43. The van der Waals surface area contributed by atoms with Gasteiger partial charge in [0.2, 0.25) is 5.91 Å². The maximum absolute atomic E-state index is 13.5. The number of carbonyl (C=O) groups is 1. The first kappa shape index (κ1) is 16.3. The van der Waals surface area contributed by atoms with Crippen LogP contribution in [0.4, 0.5) is 8.78 Å². The van der Waals surface area contributed by atoms with Gasteiger partial charge in [0.05, 0.1) is 24.5 Å². The van der Waals surface area contributed by atoms with Crippen molar-refractivity contribution in [1.82, 2.24) is 9.80 Å². The highest BCUT2D eigenvalue weighted by molar-refractivity contribution is 8.02. The van der Waals surface area contributed by atoms with Gasteiger partial charge in [0.1, 0.15) is 6.04 Å². The Kier molecular flexibility index (Phi) is 4.60. The Bertz CT molecular complexity index is 642. The summed E-state index contributed by atoms with van der Waals surface area (Å²) < 4.78 is 26.9. The molecule has 0 bridgehead atoms. The number of hydrogen-bond acceptors (Lipinski definition) is 5. The van der Waals surface area contributed by atoms with E-state index >= 15 is 0 Å². The van der Waals surface area contributed by atoms with Gasteiger partial charge in [-0.1, -0.05) is 0 Å². The van der Waals surface area contributed by atoms with Crippen LogP contribution in [-0.2, 0) is 11.2 Å². The third-order valence-corrected chi connectivity index (χ3v) is 5.67. The third-order valence-electron chi connectivity index (χ3n) is 3.91. The molecule has 2 aliphatic heterocycles. The van der Waals surface area contributed by atoms with E-state index in [1.807, 2.05) is 34.0 Å². The first-order chi connectivity index (χ1) is 11.0. The van der Waals surface area contributed by atoms with Crippen LogP contribution in [0, 0.1) is 11.3 Å². The van der Waals surface area contributed by atoms with Crippen molar-refractivity contribution in [3.63, 3.8) is 0 Å². The van der Waals surface area contributed by atoms with Crippen LogP contribution in [0.3, 0.4) is 0 Å². The first-order valence-electron chi connectivity index (χ1n) is 7.14. The number of hydrogen-bond donors (Lipinski definition) is 0. The summed E-state index contributed by atoms with van der Waals surface area (Å²) in [6.07, 6.45) is 2.03. The van der Waals surface area contributed by atoms with Crippen LogP contribution in [-0.4, -0.2) is 46.1 Å². The smallest absolute Gasteiger partial charge is 0.268 e. The number of amides is 1. The Morgan fingerprint density at radius 2 is 2.35 bits per heavy atom. The summed E-state index contributed by atoms with van der Waals surface area (Å²) >= 11 is 3.22. The SMILES string of the molecule is N#CC1CC(F)(F)CN1C(=O)CN1C=CS[C@H]1Cc1ccsc1. The number of nitriles is 1. The predicted octanol–water partition coefficient (Wildman–Crippen LogP) is 2.90. The van der Waals surface area contributed by atoms with Crippen LogP contribution in [0.1, 0.15) is 12.0 Å². The summed E-state index contributed by atoms with van der Waals surface area (Å²) in [5.74, 6) is -3.39. The van der Waals surface area contributed by atoms with Crippen LogP contribution < -0.4 is 0 Å². The standard InChI is InChI=1S/C15H15F2N3OS2/c16-15(17)6-12(7-18)20(10-15)13(21)8-19-2-4-23-14(19)5-11-1-3-22-9-11/h1-4,9,12,14H,5-6,8,10H2/t12?,14-/m0/s1. The second-order valence-corrected chi connectivity index (χ2v) is 7.48. The number of carbonyl (C=O) groups excluding carboxylic acids is 1. The van der Waals surface area contributed by atoms with E-state index in [9.17, 15) is 13.6 Å². The molecule has 4 nitrogen and oxygen atoms in total. The van der Waals surface area contributed by atoms with Gasteiger partial charge in [-0.25, -0.2) is 8.78 Å². The molecule has 1 aromatic heterocycles. The summed E-state index contributed by atoms with van der Waals surface area (Å²) in [6, 6.07) is 2.81. The molecule has 0 spiro atoms. The Morgan fingerprint density at radius 3 is 3.04 bits per heavy atom. The first-order valence-corrected chi connectivity index (χ1v) is 9.03. The van der Waals surface area contributed by atoms with Gasteiger partial charge in [-0.05, 0) is 27.8 Å². The summed E-state index contributed by atoms with van der Waals surface area (Å²) in [5.41, 5.74) is 1.19. The summed E-state index contributed by atoms with van der Waals surface area (Å²) in [5, 5.41) is 15.0. The van der Waals surface area contributed by atoms with Gasteiger partial charge in [0.15, 0.2) is 0 Å². The van der Waals surface area contributed by atoms with Crippen molar-refractivity contribution >= 4 is 29.0 Å². The van der Waals surface area contributed by atoms with Crippen LogP contribution in [0.15, 0.2) is 28.4 Å². The minimum atomic E-state index is -2.97. The van der Waals surface area contributed by atoms with E-state index in [1.54, 1.807) is 23.1 Å². The number of likely N-dealkylation sites (tertiary alicyclic amines) is 1. The van der Waals surface area contributed by atoms with Crippen LogP contribution in [0.25, 0.3) is 0 Å². The van der Waals surface area contributed by atoms with Gasteiger partial charge >= 0.3 is 0 Å². The zero-order chi connectivity index (χ0) is 16.4. The number of nitrogens with zero attached hydrogens (tertiary/aromatic N) is 3. The van der Waals surface area contributed by atoms with Crippen molar-refractivity contribution < 1.29 is 13.6 Å². The molecule has 0 saturated carbocycles. The van der Waals surface area contributed by atoms with Crippen molar-refractivity contribution in [1.29, 1.82) is 5.26 Å². The second kappa shape index (κ2) is 6.49. The van der Waals surface area contributed by atoms with Gasteiger partial charge in [-0.3, -0.25) is 4.79 Å². The molecule has 1 amide bonds. The van der Waals surface area contributed by atoms with E-state index in [4.69, 9.17) is 5.26 Å². The maximum atomic E-state index is 13.5. The highest BCUT2D eigenvalue weighted by Gasteiger charge is 2.47. The molecule has 1 unspecified atom stereocenters. The van der Waals surface area contributed by atoms with E-state index in [0.717, 1.165) is 11.3 Å². The van der Waals surface area contributed by atoms with E-state index in [0.29, 0.717) is 0 Å². The zero-order valence-electron chi connectivity index (χ0n) is 12.2. The van der Waals surface area contributed by atoms with Gasteiger partial charge in [-0.2, -0.15) is 16.6 Å². The fourth-order valence-electron chi connectivity index (χ4n) is 2.75. The molecule has 0 aromatic carbocycles. The normalized spacial score (nSPS) is 25.8. The average molecular weight is 355 g/mol. The van der Waals surface area contributed by atoms with Crippen LogP contribution >= 0.6 is 23.1 Å². The van der Waals surface area contributed by atoms with Crippen molar-refractivity contribution in [2.45, 2.75) is 30.2 Å². The molecule has 0 N–H and O–H groups in total. The molecule has 122 valence electrons. The van der Waals surface area contributed by atoms with Gasteiger partial charge in [0, 0.05) is 19.0 Å². The van der Waals surface area contributed by atoms with Crippen molar-refractivity contribution in [3.05, 3.63) is 34.0 Å². The predicted molar refractivity (Wildman–Crippen MR) is 85.9 cm³/mol. The highest BCUT2D eigenvalue weighted by atomic mass is 32.2. The number of thiophene rings is 1.